The Hall–Kier alpha value is -4.89. The van der Waals surface area contributed by atoms with E-state index in [0.717, 1.165) is 66.5 Å². The lowest BCUT2D eigenvalue weighted by Gasteiger charge is -2.13. The molecule has 0 saturated carbocycles. The molecule has 2 aromatic heterocycles. The summed E-state index contributed by atoms with van der Waals surface area (Å²) in [5, 5.41) is 2.89. The van der Waals surface area contributed by atoms with E-state index in [4.69, 9.17) is 4.74 Å². The highest BCUT2D eigenvalue weighted by molar-refractivity contribution is 6.14. The van der Waals surface area contributed by atoms with E-state index in [1.54, 1.807) is 7.11 Å². The average Bonchev–Trinajstić information content (AvgIpc) is 3.34. The summed E-state index contributed by atoms with van der Waals surface area (Å²) in [4.78, 5) is 14.5. The highest BCUT2D eigenvalue weighted by Gasteiger charge is 2.25. The largest absolute Gasteiger partial charge is 0.497 e. The van der Waals surface area contributed by atoms with E-state index in [1.807, 2.05) is 24.3 Å². The van der Waals surface area contributed by atoms with Gasteiger partial charge in [0.15, 0.2) is 5.43 Å². The highest BCUT2D eigenvalue weighted by atomic mass is 16.5. The molecule has 0 atom stereocenters. The molecular formula is C37H29NO2. The topological polar surface area (TPSA) is 30.7 Å². The Balaban J connectivity index is 1.69. The molecule has 194 valence electrons. The van der Waals surface area contributed by atoms with Crippen molar-refractivity contribution in [2.45, 2.75) is 20.3 Å². The van der Waals surface area contributed by atoms with Crippen molar-refractivity contribution in [2.75, 3.05) is 7.11 Å². The number of hydrogen-bond donors (Lipinski definition) is 0. The molecule has 40 heavy (non-hydrogen) atoms. The molecule has 0 fully saturated rings. The molecule has 2 heterocycles. The number of ether oxygens (including phenoxy) is 1. The maximum absolute atomic E-state index is 14.5. The van der Waals surface area contributed by atoms with Crippen LogP contribution < -0.4 is 10.2 Å². The normalized spacial score (nSPS) is 11.6. The molecule has 0 bridgehead atoms. The first-order valence-electron chi connectivity index (χ1n) is 13.6. The van der Waals surface area contributed by atoms with Gasteiger partial charge in [0, 0.05) is 28.3 Å². The van der Waals surface area contributed by atoms with Gasteiger partial charge in [-0.2, -0.15) is 0 Å². The van der Waals surface area contributed by atoms with Crippen LogP contribution >= 0.6 is 0 Å². The van der Waals surface area contributed by atoms with Gasteiger partial charge in [-0.25, -0.2) is 0 Å². The molecule has 0 saturated heterocycles. The monoisotopic (exact) mass is 519 g/mol. The fourth-order valence-corrected chi connectivity index (χ4v) is 5.98. The van der Waals surface area contributed by atoms with E-state index < -0.39 is 0 Å². The zero-order valence-corrected chi connectivity index (χ0v) is 22.9. The van der Waals surface area contributed by atoms with Crippen LogP contribution in [0, 0.1) is 13.8 Å². The Kier molecular flexibility index (Phi) is 5.67. The number of aromatic nitrogens is 1. The minimum Gasteiger partial charge on any atom is -0.497 e. The number of hydrogen-bond acceptors (Lipinski definition) is 2. The molecule has 3 heteroatoms. The standard InChI is InChI=1S/C37H29NO2/c1-23-9-13-26(14-10-23)33-34-36-29(21-30(37(34)39)19-25-7-5-4-6-8-25)20-28-22-31(40-3)17-18-32(28)38(36)35(33)27-15-11-24(2)12-16-27/h4-18,20-22H,19H2,1-3H3. The first kappa shape index (κ1) is 24.2. The van der Waals surface area contributed by atoms with Gasteiger partial charge in [0.1, 0.15) is 5.75 Å². The van der Waals surface area contributed by atoms with E-state index in [-0.39, 0.29) is 5.43 Å². The van der Waals surface area contributed by atoms with Crippen molar-refractivity contribution in [1.29, 1.82) is 0 Å². The van der Waals surface area contributed by atoms with Gasteiger partial charge < -0.3 is 9.14 Å². The quantitative estimate of drug-likeness (QED) is 0.213. The van der Waals surface area contributed by atoms with Crippen LogP contribution in [0.4, 0.5) is 0 Å². The van der Waals surface area contributed by atoms with Crippen LogP contribution in [0.5, 0.6) is 5.75 Å². The van der Waals surface area contributed by atoms with E-state index in [0.29, 0.717) is 6.42 Å². The van der Waals surface area contributed by atoms with Crippen molar-refractivity contribution in [3.8, 4) is 28.1 Å². The van der Waals surface area contributed by atoms with Gasteiger partial charge in [-0.05, 0) is 60.9 Å². The zero-order valence-electron chi connectivity index (χ0n) is 22.9. The smallest absolute Gasteiger partial charge is 0.192 e. The lowest BCUT2D eigenvalue weighted by atomic mass is 9.94. The predicted octanol–water partition coefficient (Wildman–Crippen LogP) is 8.59. The van der Waals surface area contributed by atoms with Crippen molar-refractivity contribution in [2.24, 2.45) is 0 Å². The lowest BCUT2D eigenvalue weighted by Crippen LogP contribution is -2.10. The second-order valence-electron chi connectivity index (χ2n) is 10.7. The Labute approximate surface area is 233 Å². The Bertz CT molecular complexity index is 2070. The van der Waals surface area contributed by atoms with Crippen LogP contribution in [0.3, 0.4) is 0 Å². The molecule has 7 rings (SSSR count). The molecule has 5 aromatic carbocycles. The summed E-state index contributed by atoms with van der Waals surface area (Å²) in [6.45, 7) is 4.19. The van der Waals surface area contributed by atoms with Crippen LogP contribution in [0.15, 0.2) is 114 Å². The first-order valence-corrected chi connectivity index (χ1v) is 13.6. The van der Waals surface area contributed by atoms with Gasteiger partial charge in [-0.3, -0.25) is 4.79 Å². The number of rotatable bonds is 5. The second-order valence-corrected chi connectivity index (χ2v) is 10.7. The predicted molar refractivity (Wildman–Crippen MR) is 166 cm³/mol. The van der Waals surface area contributed by atoms with Gasteiger partial charge >= 0.3 is 0 Å². The van der Waals surface area contributed by atoms with Crippen LogP contribution in [-0.2, 0) is 6.42 Å². The van der Waals surface area contributed by atoms with Crippen molar-refractivity contribution in [3.63, 3.8) is 0 Å². The van der Waals surface area contributed by atoms with Crippen LogP contribution in [0.2, 0.25) is 0 Å². The van der Waals surface area contributed by atoms with Gasteiger partial charge in [0.05, 0.1) is 29.2 Å². The van der Waals surface area contributed by atoms with E-state index in [1.165, 1.54) is 11.1 Å². The maximum atomic E-state index is 14.5. The molecule has 0 aliphatic rings. The fraction of sp³-hybridized carbons (Fsp3) is 0.108. The van der Waals surface area contributed by atoms with Crippen molar-refractivity contribution >= 4 is 27.2 Å². The number of aryl methyl sites for hydroxylation is 2. The number of benzene rings is 5. The zero-order chi connectivity index (χ0) is 27.4. The van der Waals surface area contributed by atoms with Crippen molar-refractivity contribution < 1.29 is 4.74 Å². The molecule has 0 unspecified atom stereocenters. The summed E-state index contributed by atoms with van der Waals surface area (Å²) in [5.41, 5.74) is 10.6. The minimum absolute atomic E-state index is 0.0932. The van der Waals surface area contributed by atoms with Crippen molar-refractivity contribution in [3.05, 3.63) is 142 Å². The number of nitrogens with zero attached hydrogens (tertiary/aromatic N) is 1. The maximum Gasteiger partial charge on any atom is 0.192 e. The molecule has 0 amide bonds. The Morgan fingerprint density at radius 3 is 2.05 bits per heavy atom. The van der Waals surface area contributed by atoms with Crippen molar-refractivity contribution in [1.82, 2.24) is 4.40 Å². The molecular weight excluding hydrogens is 490 g/mol. The summed E-state index contributed by atoms with van der Waals surface area (Å²) in [6, 6.07) is 37.9. The number of pyridine rings is 1. The van der Waals surface area contributed by atoms with Gasteiger partial charge in [0.25, 0.3) is 0 Å². The summed E-state index contributed by atoms with van der Waals surface area (Å²) < 4.78 is 7.90. The third-order valence-electron chi connectivity index (χ3n) is 7.98. The van der Waals surface area contributed by atoms with E-state index in [9.17, 15) is 4.79 Å². The fourth-order valence-electron chi connectivity index (χ4n) is 5.98. The Morgan fingerprint density at radius 1 is 0.700 bits per heavy atom. The van der Waals surface area contributed by atoms with E-state index >= 15 is 0 Å². The second kappa shape index (κ2) is 9.39. The summed E-state index contributed by atoms with van der Waals surface area (Å²) in [7, 11) is 1.70. The van der Waals surface area contributed by atoms with Gasteiger partial charge in [-0.1, -0.05) is 90.0 Å². The van der Waals surface area contributed by atoms with Crippen LogP contribution in [0.1, 0.15) is 22.3 Å². The summed E-state index contributed by atoms with van der Waals surface area (Å²) in [5.74, 6) is 0.808. The summed E-state index contributed by atoms with van der Waals surface area (Å²) >= 11 is 0. The average molecular weight is 520 g/mol. The molecule has 0 radical (unpaired) electrons. The summed E-state index contributed by atoms with van der Waals surface area (Å²) in [6.07, 6.45) is 0.583. The van der Waals surface area contributed by atoms with Crippen LogP contribution in [0.25, 0.3) is 49.6 Å². The molecule has 0 aliphatic heterocycles. The number of fused-ring (bicyclic) bond motifs is 2. The van der Waals surface area contributed by atoms with Gasteiger partial charge in [0.2, 0.25) is 0 Å². The Morgan fingerprint density at radius 2 is 1.38 bits per heavy atom. The third kappa shape index (κ3) is 3.85. The molecule has 0 N–H and O–H groups in total. The lowest BCUT2D eigenvalue weighted by molar-refractivity contribution is 0.415. The van der Waals surface area contributed by atoms with E-state index in [2.05, 4.69) is 103 Å². The molecule has 3 nitrogen and oxygen atoms in total. The molecule has 0 aliphatic carbocycles. The SMILES string of the molecule is COc1ccc2c(c1)cc1cc(Cc3ccccc3)c(=O)c3c(-c4ccc(C)cc4)c(-c4ccc(C)cc4)n2c13. The minimum atomic E-state index is 0.0932. The number of methoxy groups -OCH3 is 1. The molecule has 7 aromatic rings. The highest BCUT2D eigenvalue weighted by Crippen LogP contribution is 2.43. The molecule has 0 spiro atoms. The van der Waals surface area contributed by atoms with Crippen LogP contribution in [-0.4, -0.2) is 11.5 Å². The van der Waals surface area contributed by atoms with Gasteiger partial charge in [-0.15, -0.1) is 0 Å². The first-order chi connectivity index (χ1) is 19.5. The third-order valence-corrected chi connectivity index (χ3v) is 7.98.